The molecule has 1 aromatic heterocycles. The van der Waals surface area contributed by atoms with Crippen LogP contribution in [0.2, 0.25) is 5.02 Å². The van der Waals surface area contributed by atoms with Gasteiger partial charge in [0.1, 0.15) is 11.6 Å². The Balaban J connectivity index is 1.37. The number of aromatic nitrogens is 1. The van der Waals surface area contributed by atoms with Gasteiger partial charge in [0.15, 0.2) is 0 Å². The number of hydrogen-bond acceptors (Lipinski definition) is 5. The fourth-order valence-corrected chi connectivity index (χ4v) is 4.87. The third kappa shape index (κ3) is 6.14. The Morgan fingerprint density at radius 3 is 2.89 bits per heavy atom. The van der Waals surface area contributed by atoms with Crippen LogP contribution in [0.4, 0.5) is 4.39 Å². The van der Waals surface area contributed by atoms with E-state index in [9.17, 15) is 19.4 Å². The summed E-state index contributed by atoms with van der Waals surface area (Å²) in [4.78, 5) is 18.4. The van der Waals surface area contributed by atoms with Crippen LogP contribution in [-0.2, 0) is 4.79 Å². The maximum Gasteiger partial charge on any atom is 0.308 e. The molecule has 1 fully saturated rings. The van der Waals surface area contributed by atoms with Crippen LogP contribution in [0.5, 0.6) is 5.75 Å². The largest absolute Gasteiger partial charge is 0.497 e. The van der Waals surface area contributed by atoms with Crippen molar-refractivity contribution >= 4 is 28.5 Å². The minimum absolute atomic E-state index is 0.0469. The number of carboxylic acids is 1. The molecule has 3 atom stereocenters. The monoisotopic (exact) mass is 510 g/mol. The van der Waals surface area contributed by atoms with Crippen LogP contribution >= 0.6 is 11.6 Å². The van der Waals surface area contributed by atoms with E-state index in [1.165, 1.54) is 12.1 Å². The maximum absolute atomic E-state index is 13.6. The molecule has 1 aliphatic heterocycles. The molecule has 0 bridgehead atoms. The lowest BCUT2D eigenvalue weighted by Gasteiger charge is -2.36. The van der Waals surface area contributed by atoms with Gasteiger partial charge in [0.2, 0.25) is 0 Å². The zero-order valence-corrected chi connectivity index (χ0v) is 20.7. The number of ether oxygens (including phenoxy) is 1. The average molecular weight is 511 g/mol. The number of nitrogens with zero attached hydrogens (tertiary/aromatic N) is 2. The van der Waals surface area contributed by atoms with E-state index in [1.54, 1.807) is 25.4 Å². The summed E-state index contributed by atoms with van der Waals surface area (Å²) in [6.07, 6.45) is 2.68. The van der Waals surface area contributed by atoms with Crippen molar-refractivity contribution in [2.24, 2.45) is 11.8 Å². The first-order valence-electron chi connectivity index (χ1n) is 11.9. The van der Waals surface area contributed by atoms with E-state index in [1.807, 2.05) is 23.1 Å². The molecule has 3 aromatic rings. The van der Waals surface area contributed by atoms with Crippen molar-refractivity contribution in [1.82, 2.24) is 9.88 Å². The highest BCUT2D eigenvalue weighted by molar-refractivity contribution is 6.30. The highest BCUT2D eigenvalue weighted by Gasteiger charge is 2.34. The molecule has 0 unspecified atom stereocenters. The number of piperidine rings is 1. The Morgan fingerprint density at radius 2 is 2.14 bits per heavy atom. The second kappa shape index (κ2) is 11.7. The molecule has 36 heavy (non-hydrogen) atoms. The minimum Gasteiger partial charge on any atom is -0.497 e. The van der Waals surface area contributed by atoms with Gasteiger partial charge in [-0.05, 0) is 79.8 Å². The number of benzene rings is 2. The molecule has 1 saturated heterocycles. The van der Waals surface area contributed by atoms with Gasteiger partial charge in [0.05, 0.1) is 36.2 Å². The molecule has 6 nitrogen and oxygen atoms in total. The van der Waals surface area contributed by atoms with E-state index in [4.69, 9.17) is 16.3 Å². The van der Waals surface area contributed by atoms with Gasteiger partial charge in [0, 0.05) is 23.7 Å². The molecular formula is C28H28ClFN2O4. The summed E-state index contributed by atoms with van der Waals surface area (Å²) in [6.45, 7) is 1.49. The molecule has 8 heteroatoms. The molecule has 1 aliphatic rings. The highest BCUT2D eigenvalue weighted by atomic mass is 35.5. The summed E-state index contributed by atoms with van der Waals surface area (Å²) in [5.41, 5.74) is 2.06. The molecule has 0 radical (unpaired) electrons. The number of pyridine rings is 1. The topological polar surface area (TPSA) is 82.9 Å². The van der Waals surface area contributed by atoms with E-state index < -0.39 is 23.8 Å². The molecule has 0 spiro atoms. The van der Waals surface area contributed by atoms with Crippen molar-refractivity contribution in [3.63, 3.8) is 0 Å². The Hall–Kier alpha value is -3.18. The molecule has 0 saturated carbocycles. The first-order chi connectivity index (χ1) is 17.4. The second-order valence-electron chi connectivity index (χ2n) is 9.04. The number of aliphatic hydroxyl groups excluding tert-OH is 1. The number of aliphatic hydroxyl groups is 1. The van der Waals surface area contributed by atoms with Gasteiger partial charge in [-0.1, -0.05) is 23.4 Å². The third-order valence-electron chi connectivity index (χ3n) is 6.76. The van der Waals surface area contributed by atoms with Gasteiger partial charge in [0.25, 0.3) is 0 Å². The SMILES string of the molecule is COc1ccc2nccc([C@@H](O)CC[C@@H]3CCN(CC#Cc4ccc(Cl)c(F)c4)C[C@@H]3C(=O)O)c2c1. The number of likely N-dealkylation sites (tertiary alicyclic amines) is 1. The fraction of sp³-hybridized carbons (Fsp3) is 0.357. The summed E-state index contributed by atoms with van der Waals surface area (Å²) in [7, 11) is 1.59. The van der Waals surface area contributed by atoms with Crippen LogP contribution in [0.3, 0.4) is 0 Å². The third-order valence-corrected chi connectivity index (χ3v) is 7.07. The van der Waals surface area contributed by atoms with Crippen LogP contribution in [0.15, 0.2) is 48.7 Å². The number of methoxy groups -OCH3 is 1. The van der Waals surface area contributed by atoms with Gasteiger partial charge in [-0.15, -0.1) is 0 Å². The van der Waals surface area contributed by atoms with Crippen molar-refractivity contribution in [2.75, 3.05) is 26.7 Å². The summed E-state index contributed by atoms with van der Waals surface area (Å²) in [5, 5.41) is 21.7. The van der Waals surface area contributed by atoms with E-state index in [0.29, 0.717) is 50.2 Å². The molecule has 2 aromatic carbocycles. The van der Waals surface area contributed by atoms with E-state index >= 15 is 0 Å². The summed E-state index contributed by atoms with van der Waals surface area (Å²) in [5.74, 6) is 4.65. The second-order valence-corrected chi connectivity index (χ2v) is 9.44. The normalized spacial score (nSPS) is 18.9. The number of rotatable bonds is 7. The van der Waals surface area contributed by atoms with Gasteiger partial charge in [-0.3, -0.25) is 14.7 Å². The standard InChI is InChI=1S/C28H28ClFN2O4/c1-36-20-6-8-26-22(16-20)21(10-12-31-26)27(33)9-5-19-11-14-32(17-23(19)28(34)35)13-2-3-18-4-7-24(29)25(30)15-18/h4,6-8,10,12,15-16,19,23,27,33H,5,9,11,13-14,17H2,1H3,(H,34,35)/t19-,23+,27+/m1/s1. The lowest BCUT2D eigenvalue weighted by Crippen LogP contribution is -2.44. The number of aliphatic carboxylic acids is 1. The van der Waals surface area contributed by atoms with Crippen molar-refractivity contribution in [3.05, 3.63) is 70.6 Å². The predicted octanol–water partition coefficient (Wildman–Crippen LogP) is 4.92. The van der Waals surface area contributed by atoms with Gasteiger partial charge in [-0.2, -0.15) is 0 Å². The Kier molecular flexibility index (Phi) is 8.42. The van der Waals surface area contributed by atoms with Crippen LogP contribution in [-0.4, -0.2) is 52.8 Å². The van der Waals surface area contributed by atoms with E-state index in [2.05, 4.69) is 16.8 Å². The Morgan fingerprint density at radius 1 is 1.31 bits per heavy atom. The van der Waals surface area contributed by atoms with Gasteiger partial charge >= 0.3 is 5.97 Å². The fourth-order valence-electron chi connectivity index (χ4n) is 4.76. The van der Waals surface area contributed by atoms with Crippen molar-refractivity contribution in [1.29, 1.82) is 0 Å². The average Bonchev–Trinajstić information content (AvgIpc) is 2.88. The summed E-state index contributed by atoms with van der Waals surface area (Å²) >= 11 is 5.70. The molecular weight excluding hydrogens is 483 g/mol. The number of fused-ring (bicyclic) bond motifs is 1. The summed E-state index contributed by atoms with van der Waals surface area (Å²) in [6, 6.07) is 11.7. The van der Waals surface area contributed by atoms with Crippen molar-refractivity contribution in [3.8, 4) is 17.6 Å². The lowest BCUT2D eigenvalue weighted by molar-refractivity contribution is -0.146. The smallest absolute Gasteiger partial charge is 0.308 e. The van der Waals surface area contributed by atoms with Crippen molar-refractivity contribution in [2.45, 2.75) is 25.4 Å². The van der Waals surface area contributed by atoms with Crippen LogP contribution < -0.4 is 4.74 Å². The zero-order chi connectivity index (χ0) is 25.7. The zero-order valence-electron chi connectivity index (χ0n) is 20.0. The minimum atomic E-state index is -0.842. The lowest BCUT2D eigenvalue weighted by atomic mass is 9.81. The first kappa shape index (κ1) is 25.9. The number of carboxylic acid groups (broad SMARTS) is 1. The molecule has 2 heterocycles. The van der Waals surface area contributed by atoms with E-state index in [-0.39, 0.29) is 10.9 Å². The molecule has 4 rings (SSSR count). The first-order valence-corrected chi connectivity index (χ1v) is 12.2. The van der Waals surface area contributed by atoms with Crippen LogP contribution in [0, 0.1) is 29.5 Å². The number of halogens is 2. The van der Waals surface area contributed by atoms with Crippen LogP contribution in [0.1, 0.15) is 36.5 Å². The Bertz CT molecular complexity index is 1310. The molecule has 188 valence electrons. The van der Waals surface area contributed by atoms with Crippen molar-refractivity contribution < 1.29 is 24.1 Å². The molecule has 2 N–H and O–H groups in total. The molecule has 0 aliphatic carbocycles. The van der Waals surface area contributed by atoms with Gasteiger partial charge in [-0.25, -0.2) is 4.39 Å². The van der Waals surface area contributed by atoms with E-state index in [0.717, 1.165) is 16.5 Å². The number of carbonyl (C=O) groups is 1. The van der Waals surface area contributed by atoms with Crippen LogP contribution in [0.25, 0.3) is 10.9 Å². The van der Waals surface area contributed by atoms with Gasteiger partial charge < -0.3 is 14.9 Å². The molecule has 0 amide bonds. The summed E-state index contributed by atoms with van der Waals surface area (Å²) < 4.78 is 18.9. The Labute approximate surface area is 214 Å². The number of hydrogen-bond donors (Lipinski definition) is 2. The quantitative estimate of drug-likeness (QED) is 0.439. The predicted molar refractivity (Wildman–Crippen MR) is 136 cm³/mol. The highest BCUT2D eigenvalue weighted by Crippen LogP contribution is 2.33. The maximum atomic E-state index is 13.6.